The summed E-state index contributed by atoms with van der Waals surface area (Å²) in [5, 5.41) is 0. The molecule has 0 aromatic heterocycles. The number of carbonyl (C=O) groups excluding carboxylic acids is 2. The summed E-state index contributed by atoms with van der Waals surface area (Å²) in [6.45, 7) is 9.64. The summed E-state index contributed by atoms with van der Waals surface area (Å²) < 4.78 is 10.6. The van der Waals surface area contributed by atoms with Gasteiger partial charge in [-0.25, -0.2) is 9.59 Å². The molecule has 1 saturated carbocycles. The molecule has 25 heavy (non-hydrogen) atoms. The summed E-state index contributed by atoms with van der Waals surface area (Å²) in [5.74, 6) is 0.927. The summed E-state index contributed by atoms with van der Waals surface area (Å²) in [6.07, 6.45) is 8.57. The minimum absolute atomic E-state index is 0.00530. The Bertz CT molecular complexity index is 439. The maximum atomic E-state index is 11.8. The third kappa shape index (κ3) is 9.51. The maximum Gasteiger partial charge on any atom is 0.404 e. The normalized spacial score (nSPS) is 21.6. The zero-order valence-corrected chi connectivity index (χ0v) is 16.1. The summed E-state index contributed by atoms with van der Waals surface area (Å²) >= 11 is 0. The molecule has 0 bridgehead atoms. The predicted molar refractivity (Wildman–Crippen MR) is 99.0 cm³/mol. The third-order valence-electron chi connectivity index (χ3n) is 4.82. The van der Waals surface area contributed by atoms with E-state index in [2.05, 4.69) is 20.4 Å². The SMILES string of the molecule is C=C(C)C(=O)OC(CCCCC1CCC(OC(N)=O)CC1)CC(C)C. The molecule has 0 spiro atoms. The predicted octanol–water partition coefficient (Wildman–Crippen LogP) is 4.73. The number of rotatable bonds is 10. The molecule has 0 aliphatic heterocycles. The second-order valence-corrected chi connectivity index (χ2v) is 7.80. The smallest absolute Gasteiger partial charge is 0.404 e. The summed E-state index contributed by atoms with van der Waals surface area (Å²) in [6, 6.07) is 0. The maximum absolute atomic E-state index is 11.8. The molecule has 5 heteroatoms. The Balaban J connectivity index is 2.24. The molecule has 0 aromatic rings. The van der Waals surface area contributed by atoms with Crippen LogP contribution in [0.15, 0.2) is 12.2 Å². The molecule has 0 radical (unpaired) electrons. The Morgan fingerprint density at radius 2 is 1.80 bits per heavy atom. The average Bonchev–Trinajstić information content (AvgIpc) is 2.51. The number of hydrogen-bond donors (Lipinski definition) is 1. The zero-order valence-electron chi connectivity index (χ0n) is 16.1. The second-order valence-electron chi connectivity index (χ2n) is 7.80. The first-order valence-electron chi connectivity index (χ1n) is 9.60. The number of nitrogens with two attached hydrogens (primary N) is 1. The molecule has 0 saturated heterocycles. The van der Waals surface area contributed by atoms with Crippen molar-refractivity contribution in [3.63, 3.8) is 0 Å². The van der Waals surface area contributed by atoms with E-state index in [1.54, 1.807) is 6.92 Å². The van der Waals surface area contributed by atoms with E-state index in [9.17, 15) is 9.59 Å². The number of carbonyl (C=O) groups is 2. The van der Waals surface area contributed by atoms with Gasteiger partial charge in [0.05, 0.1) is 0 Å². The molecule has 5 nitrogen and oxygen atoms in total. The second kappa shape index (κ2) is 11.2. The van der Waals surface area contributed by atoms with E-state index < -0.39 is 6.09 Å². The van der Waals surface area contributed by atoms with Crippen LogP contribution in [-0.4, -0.2) is 24.3 Å². The highest BCUT2D eigenvalue weighted by Crippen LogP contribution is 2.30. The van der Waals surface area contributed by atoms with Crippen molar-refractivity contribution in [2.75, 3.05) is 0 Å². The van der Waals surface area contributed by atoms with Gasteiger partial charge in [0, 0.05) is 5.57 Å². The minimum atomic E-state index is -0.663. The Labute approximate surface area is 152 Å². The van der Waals surface area contributed by atoms with Gasteiger partial charge in [-0.05, 0) is 63.7 Å². The van der Waals surface area contributed by atoms with Crippen LogP contribution >= 0.6 is 0 Å². The molecule has 2 N–H and O–H groups in total. The van der Waals surface area contributed by atoms with Crippen LogP contribution in [0.2, 0.25) is 0 Å². The Hall–Kier alpha value is -1.52. The molecular weight excluding hydrogens is 318 g/mol. The zero-order chi connectivity index (χ0) is 18.8. The summed E-state index contributed by atoms with van der Waals surface area (Å²) in [4.78, 5) is 22.5. The summed E-state index contributed by atoms with van der Waals surface area (Å²) in [7, 11) is 0. The van der Waals surface area contributed by atoms with E-state index >= 15 is 0 Å². The van der Waals surface area contributed by atoms with Crippen molar-refractivity contribution < 1.29 is 19.1 Å². The van der Waals surface area contributed by atoms with E-state index in [0.717, 1.165) is 51.4 Å². The standard InChI is InChI=1S/C20H35NO4/c1-14(2)13-18(24-19(22)15(3)4)8-6-5-7-16-9-11-17(12-10-16)25-20(21)23/h14,16-18H,3,5-13H2,1-2,4H3,(H2,21,23). The highest BCUT2D eigenvalue weighted by molar-refractivity contribution is 5.87. The lowest BCUT2D eigenvalue weighted by molar-refractivity contribution is -0.145. The fourth-order valence-electron chi connectivity index (χ4n) is 3.51. The lowest BCUT2D eigenvalue weighted by atomic mass is 9.84. The van der Waals surface area contributed by atoms with E-state index in [1.165, 1.54) is 6.42 Å². The number of esters is 1. The molecule has 1 atom stereocenters. The van der Waals surface area contributed by atoms with Gasteiger partial charge >= 0.3 is 12.1 Å². The fraction of sp³-hybridized carbons (Fsp3) is 0.800. The van der Waals surface area contributed by atoms with Gasteiger partial charge in [-0.15, -0.1) is 0 Å². The van der Waals surface area contributed by atoms with Crippen molar-refractivity contribution in [3.05, 3.63) is 12.2 Å². The molecule has 1 aliphatic rings. The van der Waals surface area contributed by atoms with Gasteiger partial charge in [-0.1, -0.05) is 33.3 Å². The Morgan fingerprint density at radius 3 is 2.32 bits per heavy atom. The first-order chi connectivity index (χ1) is 11.8. The molecule has 1 unspecified atom stereocenters. The third-order valence-corrected chi connectivity index (χ3v) is 4.82. The van der Waals surface area contributed by atoms with Gasteiger partial charge in [-0.3, -0.25) is 0 Å². The quantitative estimate of drug-likeness (QED) is 0.350. The molecule has 144 valence electrons. The van der Waals surface area contributed by atoms with Gasteiger partial charge in [0.15, 0.2) is 0 Å². The van der Waals surface area contributed by atoms with Crippen LogP contribution in [0.25, 0.3) is 0 Å². The molecule has 0 aromatic carbocycles. The van der Waals surface area contributed by atoms with Crippen LogP contribution in [0.1, 0.15) is 78.6 Å². The monoisotopic (exact) mass is 353 g/mol. The van der Waals surface area contributed by atoms with E-state index in [0.29, 0.717) is 17.4 Å². The van der Waals surface area contributed by atoms with Crippen molar-refractivity contribution in [2.24, 2.45) is 17.6 Å². The highest BCUT2D eigenvalue weighted by Gasteiger charge is 2.23. The number of amides is 1. The Kier molecular flexibility index (Phi) is 9.61. The van der Waals surface area contributed by atoms with Crippen LogP contribution in [-0.2, 0) is 14.3 Å². The topological polar surface area (TPSA) is 78.6 Å². The lowest BCUT2D eigenvalue weighted by Gasteiger charge is -2.28. The van der Waals surface area contributed by atoms with Crippen molar-refractivity contribution in [2.45, 2.75) is 90.8 Å². The summed E-state index contributed by atoms with van der Waals surface area (Å²) in [5.41, 5.74) is 5.53. The molecule has 1 aliphatic carbocycles. The number of primary amides is 1. The van der Waals surface area contributed by atoms with Crippen LogP contribution in [0.3, 0.4) is 0 Å². The first-order valence-corrected chi connectivity index (χ1v) is 9.60. The van der Waals surface area contributed by atoms with Gasteiger partial charge in [-0.2, -0.15) is 0 Å². The van der Waals surface area contributed by atoms with E-state index in [-0.39, 0.29) is 18.2 Å². The molecule has 1 amide bonds. The fourth-order valence-corrected chi connectivity index (χ4v) is 3.51. The minimum Gasteiger partial charge on any atom is -0.459 e. The van der Waals surface area contributed by atoms with Crippen molar-refractivity contribution in [1.29, 1.82) is 0 Å². The van der Waals surface area contributed by atoms with Crippen LogP contribution < -0.4 is 5.73 Å². The van der Waals surface area contributed by atoms with Gasteiger partial charge < -0.3 is 15.2 Å². The van der Waals surface area contributed by atoms with Crippen molar-refractivity contribution >= 4 is 12.1 Å². The largest absolute Gasteiger partial charge is 0.459 e. The number of hydrogen-bond acceptors (Lipinski definition) is 4. The molecule has 1 fully saturated rings. The highest BCUT2D eigenvalue weighted by atomic mass is 16.6. The van der Waals surface area contributed by atoms with Gasteiger partial charge in [0.25, 0.3) is 0 Å². The van der Waals surface area contributed by atoms with Gasteiger partial charge in [0.2, 0.25) is 0 Å². The van der Waals surface area contributed by atoms with E-state index in [1.807, 2.05) is 0 Å². The molecular formula is C20H35NO4. The lowest BCUT2D eigenvalue weighted by Crippen LogP contribution is -2.27. The van der Waals surface area contributed by atoms with Crippen LogP contribution in [0.5, 0.6) is 0 Å². The van der Waals surface area contributed by atoms with E-state index in [4.69, 9.17) is 15.2 Å². The number of unbranched alkanes of at least 4 members (excludes halogenated alkanes) is 1. The van der Waals surface area contributed by atoms with Gasteiger partial charge in [0.1, 0.15) is 12.2 Å². The van der Waals surface area contributed by atoms with Crippen LogP contribution in [0, 0.1) is 11.8 Å². The average molecular weight is 354 g/mol. The first kappa shape index (κ1) is 21.5. The van der Waals surface area contributed by atoms with Crippen molar-refractivity contribution in [3.8, 4) is 0 Å². The van der Waals surface area contributed by atoms with Crippen LogP contribution in [0.4, 0.5) is 4.79 Å². The molecule has 0 heterocycles. The Morgan fingerprint density at radius 1 is 1.16 bits per heavy atom. The van der Waals surface area contributed by atoms with Crippen molar-refractivity contribution in [1.82, 2.24) is 0 Å². The number of ether oxygens (including phenoxy) is 2. The molecule has 1 rings (SSSR count).